The molecule has 2 aromatic carbocycles. The Labute approximate surface area is 119 Å². The Balaban J connectivity index is 1.95. The standard InChI is InChI=1S/C18H17NO/c1-15(17-10-6-3-7-11-17)12-13-18(20)19-14-16-8-4-2-5-9-16/h2-11,13H,14H2,1H3,(H,19,20). The zero-order chi connectivity index (χ0) is 14.2. The second-order valence-corrected chi connectivity index (χ2v) is 4.48. The van der Waals surface area contributed by atoms with E-state index in [1.54, 1.807) is 0 Å². The van der Waals surface area contributed by atoms with Gasteiger partial charge in [0.25, 0.3) is 5.91 Å². The molecule has 100 valence electrons. The summed E-state index contributed by atoms with van der Waals surface area (Å²) in [6, 6.07) is 19.7. The second-order valence-electron chi connectivity index (χ2n) is 4.48. The van der Waals surface area contributed by atoms with Crippen LogP contribution in [0.1, 0.15) is 18.1 Å². The molecule has 0 heterocycles. The van der Waals surface area contributed by atoms with Crippen LogP contribution in [0.3, 0.4) is 0 Å². The molecule has 2 rings (SSSR count). The minimum absolute atomic E-state index is 0.135. The highest BCUT2D eigenvalue weighted by molar-refractivity contribution is 5.88. The first-order chi connectivity index (χ1) is 9.75. The number of hydrogen-bond donors (Lipinski definition) is 1. The highest BCUT2D eigenvalue weighted by atomic mass is 16.1. The van der Waals surface area contributed by atoms with Crippen molar-refractivity contribution in [2.45, 2.75) is 13.5 Å². The quantitative estimate of drug-likeness (QED) is 0.663. The Morgan fingerprint density at radius 3 is 2.30 bits per heavy atom. The molecule has 0 aromatic heterocycles. The molecule has 0 radical (unpaired) electrons. The van der Waals surface area contributed by atoms with Crippen molar-refractivity contribution in [1.82, 2.24) is 5.32 Å². The van der Waals surface area contributed by atoms with Crippen LogP contribution in [-0.4, -0.2) is 5.91 Å². The van der Waals surface area contributed by atoms with E-state index in [4.69, 9.17) is 0 Å². The van der Waals surface area contributed by atoms with Gasteiger partial charge in [0, 0.05) is 12.6 Å². The molecule has 0 unspecified atom stereocenters. The molecule has 2 nitrogen and oxygen atoms in total. The monoisotopic (exact) mass is 263 g/mol. The van der Waals surface area contributed by atoms with Crippen LogP contribution in [0.5, 0.6) is 0 Å². The average molecular weight is 263 g/mol. The summed E-state index contributed by atoms with van der Waals surface area (Å²) in [4.78, 5) is 11.7. The van der Waals surface area contributed by atoms with Gasteiger partial charge in [-0.05, 0) is 23.6 Å². The van der Waals surface area contributed by atoms with Crippen molar-refractivity contribution in [2.24, 2.45) is 0 Å². The smallest absolute Gasteiger partial charge is 0.252 e. The first kappa shape index (κ1) is 13.9. The fraction of sp³-hybridized carbons (Fsp3) is 0.111. The first-order valence-electron chi connectivity index (χ1n) is 6.56. The molecule has 2 heteroatoms. The molecule has 0 atom stereocenters. The van der Waals surface area contributed by atoms with Gasteiger partial charge in [-0.2, -0.15) is 0 Å². The molecular weight excluding hydrogens is 246 g/mol. The summed E-state index contributed by atoms with van der Waals surface area (Å²) in [6.45, 7) is 2.47. The van der Waals surface area contributed by atoms with Crippen LogP contribution in [0.4, 0.5) is 0 Å². The first-order valence-corrected chi connectivity index (χ1v) is 6.56. The zero-order valence-electron chi connectivity index (χ0n) is 11.5. The summed E-state index contributed by atoms with van der Waals surface area (Å²) in [5, 5.41) is 2.84. The Kier molecular flexibility index (Phi) is 4.94. The molecular formula is C18H17NO. The van der Waals surface area contributed by atoms with E-state index in [0.717, 1.165) is 16.7 Å². The lowest BCUT2D eigenvalue weighted by Gasteiger charge is -2.01. The Morgan fingerprint density at radius 1 is 1.05 bits per heavy atom. The maximum Gasteiger partial charge on any atom is 0.252 e. The summed E-state index contributed by atoms with van der Waals surface area (Å²) >= 11 is 0. The van der Waals surface area contributed by atoms with E-state index in [1.807, 2.05) is 67.6 Å². The molecule has 20 heavy (non-hydrogen) atoms. The molecule has 0 aliphatic rings. The van der Waals surface area contributed by atoms with E-state index >= 15 is 0 Å². The van der Waals surface area contributed by atoms with Gasteiger partial charge < -0.3 is 5.32 Å². The van der Waals surface area contributed by atoms with Crippen molar-refractivity contribution in [3.63, 3.8) is 0 Å². The predicted octanol–water partition coefficient (Wildman–Crippen LogP) is 3.56. The van der Waals surface area contributed by atoms with Gasteiger partial charge in [-0.15, -0.1) is 5.73 Å². The van der Waals surface area contributed by atoms with Crippen molar-refractivity contribution in [2.75, 3.05) is 0 Å². The number of rotatable bonds is 4. The van der Waals surface area contributed by atoms with Crippen molar-refractivity contribution in [3.05, 3.63) is 83.6 Å². The summed E-state index contributed by atoms with van der Waals surface area (Å²) in [7, 11) is 0. The van der Waals surface area contributed by atoms with Gasteiger partial charge in [-0.1, -0.05) is 60.7 Å². The average Bonchev–Trinajstić information content (AvgIpc) is 2.52. The van der Waals surface area contributed by atoms with Crippen molar-refractivity contribution < 1.29 is 4.79 Å². The van der Waals surface area contributed by atoms with E-state index in [0.29, 0.717) is 6.54 Å². The Bertz CT molecular complexity index is 623. The minimum atomic E-state index is -0.135. The lowest BCUT2D eigenvalue weighted by molar-refractivity contribution is -0.116. The van der Waals surface area contributed by atoms with E-state index in [9.17, 15) is 4.79 Å². The number of carbonyl (C=O) groups is 1. The molecule has 0 saturated carbocycles. The molecule has 0 aliphatic carbocycles. The molecule has 0 saturated heterocycles. The topological polar surface area (TPSA) is 29.1 Å². The van der Waals surface area contributed by atoms with Crippen molar-refractivity contribution in [3.8, 4) is 0 Å². The van der Waals surface area contributed by atoms with Crippen LogP contribution in [0.25, 0.3) is 5.57 Å². The SMILES string of the molecule is CC(=C=CC(=O)NCc1ccccc1)c1ccccc1. The van der Waals surface area contributed by atoms with Gasteiger partial charge in [0.1, 0.15) is 0 Å². The van der Waals surface area contributed by atoms with Crippen LogP contribution in [0, 0.1) is 0 Å². The largest absolute Gasteiger partial charge is 0.348 e. The lowest BCUT2D eigenvalue weighted by atomic mass is 10.1. The van der Waals surface area contributed by atoms with Crippen LogP contribution in [0.15, 0.2) is 72.5 Å². The summed E-state index contributed by atoms with van der Waals surface area (Å²) in [5.41, 5.74) is 6.11. The summed E-state index contributed by atoms with van der Waals surface area (Å²) in [5.74, 6) is -0.135. The number of amides is 1. The third-order valence-electron chi connectivity index (χ3n) is 2.94. The number of benzene rings is 2. The van der Waals surface area contributed by atoms with Crippen molar-refractivity contribution in [1.29, 1.82) is 0 Å². The second kappa shape index (κ2) is 7.13. The maximum atomic E-state index is 11.7. The van der Waals surface area contributed by atoms with Crippen LogP contribution in [-0.2, 0) is 11.3 Å². The van der Waals surface area contributed by atoms with Gasteiger partial charge in [0.15, 0.2) is 0 Å². The van der Waals surface area contributed by atoms with Gasteiger partial charge in [-0.3, -0.25) is 4.79 Å². The van der Waals surface area contributed by atoms with Crippen LogP contribution < -0.4 is 5.32 Å². The summed E-state index contributed by atoms with van der Waals surface area (Å²) < 4.78 is 0. The normalized spacial score (nSPS) is 9.45. The molecule has 0 bridgehead atoms. The number of carbonyl (C=O) groups excluding carboxylic acids is 1. The van der Waals surface area contributed by atoms with Crippen LogP contribution in [0.2, 0.25) is 0 Å². The van der Waals surface area contributed by atoms with Gasteiger partial charge in [-0.25, -0.2) is 0 Å². The number of nitrogens with one attached hydrogen (secondary N) is 1. The third kappa shape index (κ3) is 4.27. The molecule has 0 fully saturated rings. The maximum absolute atomic E-state index is 11.7. The Morgan fingerprint density at radius 2 is 1.65 bits per heavy atom. The van der Waals surface area contributed by atoms with Crippen LogP contribution >= 0.6 is 0 Å². The zero-order valence-corrected chi connectivity index (χ0v) is 11.5. The Hall–Kier alpha value is -2.57. The number of hydrogen-bond acceptors (Lipinski definition) is 1. The molecule has 1 amide bonds. The molecule has 1 N–H and O–H groups in total. The van der Waals surface area contributed by atoms with E-state index in [2.05, 4.69) is 11.0 Å². The van der Waals surface area contributed by atoms with Gasteiger partial charge in [0.05, 0.1) is 0 Å². The highest BCUT2D eigenvalue weighted by Gasteiger charge is 1.96. The fourth-order valence-electron chi connectivity index (χ4n) is 1.78. The van der Waals surface area contributed by atoms with Gasteiger partial charge in [0.2, 0.25) is 0 Å². The highest BCUT2D eigenvalue weighted by Crippen LogP contribution is 2.10. The van der Waals surface area contributed by atoms with Gasteiger partial charge >= 0.3 is 0 Å². The van der Waals surface area contributed by atoms with Crippen molar-refractivity contribution >= 4 is 11.5 Å². The minimum Gasteiger partial charge on any atom is -0.348 e. The van der Waals surface area contributed by atoms with E-state index < -0.39 is 0 Å². The molecule has 0 spiro atoms. The molecule has 2 aromatic rings. The van der Waals surface area contributed by atoms with E-state index in [-0.39, 0.29) is 5.91 Å². The third-order valence-corrected chi connectivity index (χ3v) is 2.94. The lowest BCUT2D eigenvalue weighted by Crippen LogP contribution is -2.19. The van der Waals surface area contributed by atoms with E-state index in [1.165, 1.54) is 6.08 Å². The summed E-state index contributed by atoms with van der Waals surface area (Å²) in [6.07, 6.45) is 1.45. The molecule has 0 aliphatic heterocycles. The fourth-order valence-corrected chi connectivity index (χ4v) is 1.78. The predicted molar refractivity (Wildman–Crippen MR) is 81.9 cm³/mol.